The summed E-state index contributed by atoms with van der Waals surface area (Å²) < 4.78 is 5.10. The molecule has 2 aromatic rings. The minimum absolute atomic E-state index is 0.0380. The molecule has 2 atom stereocenters. The zero-order valence-corrected chi connectivity index (χ0v) is 16.5. The molecule has 0 saturated carbocycles. The van der Waals surface area contributed by atoms with Crippen LogP contribution in [0.4, 0.5) is 11.4 Å². The van der Waals surface area contributed by atoms with Gasteiger partial charge in [-0.25, -0.2) is 0 Å². The average Bonchev–Trinajstić information content (AvgIpc) is 2.76. The fraction of sp³-hybridized carbons (Fsp3) is 0.435. The Hall–Kier alpha value is -2.53. The van der Waals surface area contributed by atoms with Crippen LogP contribution in [0.3, 0.4) is 0 Å². The Morgan fingerprint density at radius 2 is 1.89 bits per heavy atom. The van der Waals surface area contributed by atoms with E-state index >= 15 is 0 Å². The molecular weight excluding hydrogens is 350 g/mol. The van der Waals surface area contributed by atoms with Crippen LogP contribution in [0.5, 0.6) is 0 Å². The number of hydrogen-bond acceptors (Lipinski definition) is 4. The highest BCUT2D eigenvalue weighted by Gasteiger charge is 2.41. The molecule has 2 heterocycles. The number of amides is 1. The van der Waals surface area contributed by atoms with Crippen LogP contribution in [-0.4, -0.2) is 51.8 Å². The number of piperazine rings is 1. The molecule has 0 unspecified atom stereocenters. The number of hydrogen-bond donors (Lipinski definition) is 1. The van der Waals surface area contributed by atoms with E-state index < -0.39 is 0 Å². The summed E-state index contributed by atoms with van der Waals surface area (Å²) in [5.41, 5.74) is 3.81. The van der Waals surface area contributed by atoms with Gasteiger partial charge in [0.15, 0.2) is 0 Å². The highest BCUT2D eigenvalue weighted by atomic mass is 16.5. The van der Waals surface area contributed by atoms with Gasteiger partial charge >= 0.3 is 0 Å². The van der Waals surface area contributed by atoms with Crippen molar-refractivity contribution in [3.8, 4) is 0 Å². The number of rotatable bonds is 6. The van der Waals surface area contributed by atoms with E-state index in [1.54, 1.807) is 7.11 Å². The van der Waals surface area contributed by atoms with Crippen molar-refractivity contribution in [3.63, 3.8) is 0 Å². The normalized spacial score (nSPS) is 21.0. The fourth-order valence-corrected chi connectivity index (χ4v) is 4.49. The summed E-state index contributed by atoms with van der Waals surface area (Å²) in [5.74, 6) is 0.125. The molecule has 0 aliphatic carbocycles. The van der Waals surface area contributed by atoms with Gasteiger partial charge in [0.05, 0.1) is 12.0 Å². The van der Waals surface area contributed by atoms with Crippen LogP contribution in [-0.2, 0) is 16.0 Å². The number of carbonyl (C=O) groups excluding carboxylic acids is 1. The van der Waals surface area contributed by atoms with Gasteiger partial charge in [-0.15, -0.1) is 0 Å². The van der Waals surface area contributed by atoms with E-state index in [0.29, 0.717) is 13.2 Å². The number of nitrogens with zero attached hydrogens (tertiary/aromatic N) is 2. The first kappa shape index (κ1) is 18.8. The molecule has 1 saturated heterocycles. The number of methoxy groups -OCH3 is 1. The molecule has 0 aromatic heterocycles. The molecular formula is C23H29N3O2. The smallest absolute Gasteiger partial charge is 0.225 e. The van der Waals surface area contributed by atoms with Crippen molar-refractivity contribution in [1.29, 1.82) is 0 Å². The maximum Gasteiger partial charge on any atom is 0.225 e. The largest absolute Gasteiger partial charge is 0.385 e. The molecule has 5 heteroatoms. The molecule has 2 aliphatic heterocycles. The highest BCUT2D eigenvalue weighted by Crippen LogP contribution is 2.36. The number of fused-ring (bicyclic) bond motifs is 3. The number of nitrogens with one attached hydrogen (secondary N) is 1. The third-order valence-electron chi connectivity index (χ3n) is 5.91. The Bertz CT molecular complexity index is 795. The van der Waals surface area contributed by atoms with Gasteiger partial charge in [0, 0.05) is 51.3 Å². The Morgan fingerprint density at radius 3 is 2.71 bits per heavy atom. The van der Waals surface area contributed by atoms with Crippen molar-refractivity contribution in [3.05, 3.63) is 60.2 Å². The maximum atomic E-state index is 13.1. The summed E-state index contributed by atoms with van der Waals surface area (Å²) in [7, 11) is 1.69. The summed E-state index contributed by atoms with van der Waals surface area (Å²) >= 11 is 0. The fourth-order valence-electron chi connectivity index (χ4n) is 4.49. The molecule has 148 valence electrons. The van der Waals surface area contributed by atoms with Crippen molar-refractivity contribution >= 4 is 17.3 Å². The predicted molar refractivity (Wildman–Crippen MR) is 113 cm³/mol. The third kappa shape index (κ3) is 3.85. The Kier molecular flexibility index (Phi) is 5.81. The molecule has 0 spiro atoms. The quantitative estimate of drug-likeness (QED) is 0.784. The number of anilines is 2. The first-order valence-electron chi connectivity index (χ1n) is 10.2. The number of carbonyl (C=O) groups is 1. The molecule has 28 heavy (non-hydrogen) atoms. The Morgan fingerprint density at radius 1 is 1.11 bits per heavy atom. The van der Waals surface area contributed by atoms with Gasteiger partial charge in [-0.3, -0.25) is 4.79 Å². The SMILES string of the molecule is COCCCNC(=O)[C@@H]1Cc2ccccc2N2CCN(c3ccccc3)C[C@H]12. The van der Waals surface area contributed by atoms with E-state index in [1.165, 1.54) is 16.9 Å². The molecule has 0 radical (unpaired) electrons. The van der Waals surface area contributed by atoms with Gasteiger partial charge in [-0.05, 0) is 36.6 Å². The van der Waals surface area contributed by atoms with Crippen LogP contribution in [0.15, 0.2) is 54.6 Å². The lowest BCUT2D eigenvalue weighted by Gasteiger charge is -2.49. The summed E-state index contributed by atoms with van der Waals surface area (Å²) in [4.78, 5) is 17.9. The number of para-hydroxylation sites is 2. The molecule has 2 aromatic carbocycles. The lowest BCUT2D eigenvalue weighted by atomic mass is 9.83. The molecule has 4 rings (SSSR count). The molecule has 1 N–H and O–H groups in total. The van der Waals surface area contributed by atoms with Gasteiger partial charge in [-0.1, -0.05) is 36.4 Å². The van der Waals surface area contributed by atoms with E-state index in [-0.39, 0.29) is 17.9 Å². The number of benzene rings is 2. The first-order chi connectivity index (χ1) is 13.8. The van der Waals surface area contributed by atoms with Gasteiger partial charge < -0.3 is 19.9 Å². The summed E-state index contributed by atoms with van der Waals surface area (Å²) in [6.45, 7) is 4.11. The first-order valence-corrected chi connectivity index (χ1v) is 10.2. The average molecular weight is 380 g/mol. The minimum Gasteiger partial charge on any atom is -0.385 e. The second-order valence-electron chi connectivity index (χ2n) is 7.62. The number of ether oxygens (including phenoxy) is 1. The van der Waals surface area contributed by atoms with Gasteiger partial charge in [0.1, 0.15) is 0 Å². The van der Waals surface area contributed by atoms with Gasteiger partial charge in [-0.2, -0.15) is 0 Å². The van der Waals surface area contributed by atoms with Crippen LogP contribution in [0, 0.1) is 5.92 Å². The summed E-state index contributed by atoms with van der Waals surface area (Å²) in [5, 5.41) is 3.14. The van der Waals surface area contributed by atoms with E-state index in [9.17, 15) is 4.79 Å². The lowest BCUT2D eigenvalue weighted by molar-refractivity contribution is -0.125. The standard InChI is InChI=1S/C23H29N3O2/c1-28-15-7-12-24-23(27)20-16-18-8-5-6-11-21(18)26-14-13-25(17-22(20)26)19-9-3-2-4-10-19/h2-6,8-11,20,22H,7,12-17H2,1H3,(H,24,27)/t20-,22-/m1/s1. The van der Waals surface area contributed by atoms with E-state index in [1.807, 2.05) is 6.07 Å². The summed E-state index contributed by atoms with van der Waals surface area (Å²) in [6.07, 6.45) is 1.64. The Balaban J connectivity index is 1.55. The Labute approximate surface area is 167 Å². The van der Waals surface area contributed by atoms with Crippen LogP contribution >= 0.6 is 0 Å². The van der Waals surface area contributed by atoms with Crippen LogP contribution in [0.1, 0.15) is 12.0 Å². The lowest BCUT2D eigenvalue weighted by Crippen LogP contribution is -2.61. The molecule has 2 aliphatic rings. The zero-order chi connectivity index (χ0) is 19.3. The molecule has 5 nitrogen and oxygen atoms in total. The van der Waals surface area contributed by atoms with Crippen molar-refractivity contribution in [2.45, 2.75) is 18.9 Å². The summed E-state index contributed by atoms with van der Waals surface area (Å²) in [6, 6.07) is 19.3. The molecule has 1 amide bonds. The van der Waals surface area contributed by atoms with Crippen LogP contribution < -0.4 is 15.1 Å². The topological polar surface area (TPSA) is 44.8 Å². The molecule has 0 bridgehead atoms. The third-order valence-corrected chi connectivity index (χ3v) is 5.91. The predicted octanol–water partition coefficient (Wildman–Crippen LogP) is 2.71. The second-order valence-corrected chi connectivity index (χ2v) is 7.62. The van der Waals surface area contributed by atoms with Crippen LogP contribution in [0.2, 0.25) is 0 Å². The second kappa shape index (κ2) is 8.65. The zero-order valence-electron chi connectivity index (χ0n) is 16.5. The van der Waals surface area contributed by atoms with Gasteiger partial charge in [0.2, 0.25) is 5.91 Å². The van der Waals surface area contributed by atoms with Crippen molar-refractivity contribution < 1.29 is 9.53 Å². The van der Waals surface area contributed by atoms with Gasteiger partial charge in [0.25, 0.3) is 0 Å². The monoisotopic (exact) mass is 379 g/mol. The van der Waals surface area contributed by atoms with Crippen molar-refractivity contribution in [1.82, 2.24) is 5.32 Å². The van der Waals surface area contributed by atoms with E-state index in [0.717, 1.165) is 32.5 Å². The highest BCUT2D eigenvalue weighted by molar-refractivity contribution is 5.82. The van der Waals surface area contributed by atoms with E-state index in [4.69, 9.17) is 4.74 Å². The van der Waals surface area contributed by atoms with Crippen molar-refractivity contribution in [2.75, 3.05) is 49.7 Å². The van der Waals surface area contributed by atoms with E-state index in [2.05, 4.69) is 63.6 Å². The minimum atomic E-state index is -0.0380. The van der Waals surface area contributed by atoms with Crippen molar-refractivity contribution in [2.24, 2.45) is 5.92 Å². The molecule has 1 fully saturated rings. The maximum absolute atomic E-state index is 13.1. The van der Waals surface area contributed by atoms with Crippen LogP contribution in [0.25, 0.3) is 0 Å².